The van der Waals surface area contributed by atoms with E-state index in [0.29, 0.717) is 5.13 Å². The third-order valence-corrected chi connectivity index (χ3v) is 4.75. The number of nitrogens with one attached hydrogen (secondary N) is 1. The molecule has 0 unspecified atom stereocenters. The van der Waals surface area contributed by atoms with Crippen LogP contribution in [0.5, 0.6) is 0 Å². The summed E-state index contributed by atoms with van der Waals surface area (Å²) >= 11 is 6.33. The summed E-state index contributed by atoms with van der Waals surface area (Å²) in [5, 5.41) is 15.3. The fraction of sp³-hybridized carbons (Fsp3) is 0.400. The highest BCUT2D eigenvalue weighted by atomic mass is 79.9. The Balaban J connectivity index is 1.93. The van der Waals surface area contributed by atoms with Gasteiger partial charge in [0.15, 0.2) is 4.34 Å². The molecule has 0 aliphatic carbocycles. The Kier molecular flexibility index (Phi) is 4.94. The number of thioether (sulfide) groups is 1. The van der Waals surface area contributed by atoms with Crippen LogP contribution < -0.4 is 5.32 Å². The van der Waals surface area contributed by atoms with Crippen LogP contribution in [0.4, 0.5) is 5.13 Å². The number of anilines is 1. The summed E-state index contributed by atoms with van der Waals surface area (Å²) in [6, 6.07) is 0. The Hall–Kier alpha value is -0.930. The number of aromatic nitrogens is 4. The molecule has 0 spiro atoms. The molecule has 2 heterocycles. The normalized spacial score (nSPS) is 10.7. The molecule has 2 aromatic rings. The average molecular weight is 362 g/mol. The van der Waals surface area contributed by atoms with Crippen LogP contribution in [0.15, 0.2) is 15.0 Å². The lowest BCUT2D eigenvalue weighted by atomic mass is 10.5. The SMILES string of the molecule is CCSc1nnc(NC(=O)Cn2cc(Br)c(C)n2)s1. The lowest BCUT2D eigenvalue weighted by Gasteiger charge is -2.00. The molecule has 0 aliphatic heterocycles. The van der Waals surface area contributed by atoms with Crippen LogP contribution >= 0.6 is 39.0 Å². The Morgan fingerprint density at radius 2 is 2.37 bits per heavy atom. The first kappa shape index (κ1) is 14.5. The molecule has 2 rings (SSSR count). The molecule has 0 fully saturated rings. The molecule has 2 aromatic heterocycles. The van der Waals surface area contributed by atoms with Gasteiger partial charge in [0.25, 0.3) is 0 Å². The first-order valence-electron chi connectivity index (χ1n) is 5.54. The van der Waals surface area contributed by atoms with Gasteiger partial charge in [-0.15, -0.1) is 10.2 Å². The first-order chi connectivity index (χ1) is 9.08. The molecule has 9 heteroatoms. The van der Waals surface area contributed by atoms with E-state index in [1.54, 1.807) is 22.6 Å². The van der Waals surface area contributed by atoms with Crippen LogP contribution in [0.3, 0.4) is 0 Å². The topological polar surface area (TPSA) is 72.7 Å². The van der Waals surface area contributed by atoms with Gasteiger partial charge in [-0.25, -0.2) is 0 Å². The fourth-order valence-corrected chi connectivity index (χ4v) is 3.30. The Morgan fingerprint density at radius 3 is 3.00 bits per heavy atom. The summed E-state index contributed by atoms with van der Waals surface area (Å²) in [6.45, 7) is 4.07. The zero-order valence-electron chi connectivity index (χ0n) is 10.4. The Labute approximate surface area is 127 Å². The van der Waals surface area contributed by atoms with Gasteiger partial charge in [0.1, 0.15) is 6.54 Å². The highest BCUT2D eigenvalue weighted by molar-refractivity contribution is 9.10. The van der Waals surface area contributed by atoms with E-state index in [2.05, 4.69) is 36.5 Å². The second-order valence-electron chi connectivity index (χ2n) is 3.61. The minimum Gasteiger partial charge on any atom is -0.299 e. The molecule has 102 valence electrons. The highest BCUT2D eigenvalue weighted by Gasteiger charge is 2.10. The molecular formula is C10H12BrN5OS2. The number of amides is 1. The second-order valence-corrected chi connectivity index (χ2v) is 6.96. The predicted octanol–water partition coefficient (Wildman–Crippen LogP) is 2.56. The average Bonchev–Trinajstić information content (AvgIpc) is 2.88. The molecule has 0 aromatic carbocycles. The molecule has 0 radical (unpaired) electrons. The van der Waals surface area contributed by atoms with Crippen molar-refractivity contribution in [3.8, 4) is 0 Å². The number of nitrogens with zero attached hydrogens (tertiary/aromatic N) is 4. The van der Waals surface area contributed by atoms with Crippen molar-refractivity contribution in [2.45, 2.75) is 24.7 Å². The van der Waals surface area contributed by atoms with E-state index in [4.69, 9.17) is 0 Å². The van der Waals surface area contributed by atoms with Gasteiger partial charge in [0.2, 0.25) is 11.0 Å². The van der Waals surface area contributed by atoms with Gasteiger partial charge < -0.3 is 0 Å². The van der Waals surface area contributed by atoms with E-state index in [0.717, 1.165) is 20.3 Å². The van der Waals surface area contributed by atoms with Gasteiger partial charge >= 0.3 is 0 Å². The molecule has 6 nitrogen and oxygen atoms in total. The molecule has 1 amide bonds. The second kappa shape index (κ2) is 6.49. The van der Waals surface area contributed by atoms with Crippen molar-refractivity contribution in [1.29, 1.82) is 0 Å². The van der Waals surface area contributed by atoms with Gasteiger partial charge in [-0.1, -0.05) is 30.0 Å². The largest absolute Gasteiger partial charge is 0.299 e. The van der Waals surface area contributed by atoms with Gasteiger partial charge in [0, 0.05) is 6.20 Å². The van der Waals surface area contributed by atoms with Crippen LogP contribution in [0, 0.1) is 6.92 Å². The van der Waals surface area contributed by atoms with Crippen LogP contribution in [0.1, 0.15) is 12.6 Å². The van der Waals surface area contributed by atoms with Crippen molar-refractivity contribution in [1.82, 2.24) is 20.0 Å². The summed E-state index contributed by atoms with van der Waals surface area (Å²) in [6.07, 6.45) is 1.77. The lowest BCUT2D eigenvalue weighted by Crippen LogP contribution is -2.19. The van der Waals surface area contributed by atoms with Gasteiger partial charge in [-0.3, -0.25) is 14.8 Å². The molecule has 0 atom stereocenters. The zero-order valence-corrected chi connectivity index (χ0v) is 13.6. The van der Waals surface area contributed by atoms with Gasteiger partial charge in [0.05, 0.1) is 10.2 Å². The fourth-order valence-electron chi connectivity index (χ4n) is 1.32. The molecule has 1 N–H and O–H groups in total. The predicted molar refractivity (Wildman–Crippen MR) is 79.6 cm³/mol. The van der Waals surface area contributed by atoms with E-state index in [-0.39, 0.29) is 12.5 Å². The number of carbonyl (C=O) groups is 1. The van der Waals surface area contributed by atoms with Gasteiger partial charge in [-0.2, -0.15) is 5.10 Å². The first-order valence-corrected chi connectivity index (χ1v) is 8.13. The van der Waals surface area contributed by atoms with E-state index >= 15 is 0 Å². The summed E-state index contributed by atoms with van der Waals surface area (Å²) in [7, 11) is 0. The van der Waals surface area contributed by atoms with Crippen molar-refractivity contribution < 1.29 is 4.79 Å². The smallest absolute Gasteiger partial charge is 0.247 e. The van der Waals surface area contributed by atoms with Crippen LogP contribution in [-0.4, -0.2) is 31.6 Å². The standard InChI is InChI=1S/C10H12BrN5OS2/c1-3-18-10-14-13-9(19-10)12-8(17)5-16-4-7(11)6(2)15-16/h4H,3,5H2,1-2H3,(H,12,13,17). The maximum Gasteiger partial charge on any atom is 0.247 e. The van der Waals surface area contributed by atoms with Crippen LogP contribution in [-0.2, 0) is 11.3 Å². The van der Waals surface area contributed by atoms with E-state index in [1.165, 1.54) is 11.3 Å². The maximum atomic E-state index is 11.8. The number of hydrogen-bond donors (Lipinski definition) is 1. The third-order valence-electron chi connectivity index (χ3n) is 2.11. The van der Waals surface area contributed by atoms with Crippen molar-refractivity contribution in [3.05, 3.63) is 16.4 Å². The van der Waals surface area contributed by atoms with Crippen molar-refractivity contribution in [2.24, 2.45) is 0 Å². The van der Waals surface area contributed by atoms with E-state index < -0.39 is 0 Å². The van der Waals surface area contributed by atoms with Crippen molar-refractivity contribution in [3.63, 3.8) is 0 Å². The molecule has 0 saturated heterocycles. The molecule has 0 aliphatic rings. The number of carbonyl (C=O) groups excluding carboxylic acids is 1. The number of hydrogen-bond acceptors (Lipinski definition) is 6. The molecule has 19 heavy (non-hydrogen) atoms. The minimum atomic E-state index is -0.167. The van der Waals surface area contributed by atoms with Gasteiger partial charge in [-0.05, 0) is 28.6 Å². The van der Waals surface area contributed by atoms with E-state index in [1.807, 2.05) is 13.8 Å². The monoisotopic (exact) mass is 361 g/mol. The summed E-state index contributed by atoms with van der Waals surface area (Å²) in [5.41, 5.74) is 0.852. The number of halogens is 1. The van der Waals surface area contributed by atoms with Crippen molar-refractivity contribution in [2.75, 3.05) is 11.1 Å². The van der Waals surface area contributed by atoms with E-state index in [9.17, 15) is 4.79 Å². The maximum absolute atomic E-state index is 11.8. The minimum absolute atomic E-state index is 0.155. The van der Waals surface area contributed by atoms with Crippen LogP contribution in [0.25, 0.3) is 0 Å². The molecular weight excluding hydrogens is 350 g/mol. The van der Waals surface area contributed by atoms with Crippen LogP contribution in [0.2, 0.25) is 0 Å². The van der Waals surface area contributed by atoms with Crippen molar-refractivity contribution >= 4 is 50.1 Å². The Morgan fingerprint density at radius 1 is 1.58 bits per heavy atom. The number of rotatable bonds is 5. The molecule has 0 bridgehead atoms. The Bertz CT molecular complexity index is 563. The summed E-state index contributed by atoms with van der Waals surface area (Å²) in [5.74, 6) is 0.766. The summed E-state index contributed by atoms with van der Waals surface area (Å²) in [4.78, 5) is 11.8. The summed E-state index contributed by atoms with van der Waals surface area (Å²) < 4.78 is 3.32. The third kappa shape index (κ3) is 4.02. The highest BCUT2D eigenvalue weighted by Crippen LogP contribution is 2.24. The number of aryl methyl sites for hydroxylation is 1. The zero-order chi connectivity index (χ0) is 13.8. The lowest BCUT2D eigenvalue weighted by molar-refractivity contribution is -0.116. The quantitative estimate of drug-likeness (QED) is 0.654. The molecule has 0 saturated carbocycles.